The van der Waals surface area contributed by atoms with Crippen LogP contribution in [0.2, 0.25) is 5.02 Å². The standard InChI is InChI=1S/C22H17ClN4O2S/c1-13-15(8-5-9-16(13)23)20-25-21(29-26-20)17-10-11-27(17)22(28)18-19(30-12-24-18)14-6-3-2-4-7-14/h2-9,12,17H,10-11H2,1H3. The molecule has 2 aromatic carbocycles. The molecule has 0 saturated carbocycles. The van der Waals surface area contributed by atoms with Crippen molar-refractivity contribution in [2.24, 2.45) is 0 Å². The second-order valence-corrected chi connectivity index (χ2v) is 8.33. The lowest BCUT2D eigenvalue weighted by Gasteiger charge is -2.38. The largest absolute Gasteiger partial charge is 0.337 e. The minimum atomic E-state index is -0.247. The minimum absolute atomic E-state index is 0.120. The molecule has 2 aromatic heterocycles. The van der Waals surface area contributed by atoms with Gasteiger partial charge in [-0.2, -0.15) is 4.98 Å². The van der Waals surface area contributed by atoms with Crippen LogP contribution in [0.25, 0.3) is 21.8 Å². The maximum absolute atomic E-state index is 13.2. The van der Waals surface area contributed by atoms with Gasteiger partial charge in [0.25, 0.3) is 5.91 Å². The number of likely N-dealkylation sites (tertiary alicyclic amines) is 1. The SMILES string of the molecule is Cc1c(Cl)cccc1-c1noc(C2CCN2C(=O)c2ncsc2-c2ccccc2)n1. The Morgan fingerprint density at radius 2 is 2.03 bits per heavy atom. The molecule has 6 nitrogen and oxygen atoms in total. The Kier molecular flexibility index (Phi) is 4.84. The van der Waals surface area contributed by atoms with E-state index < -0.39 is 0 Å². The molecule has 1 atom stereocenters. The summed E-state index contributed by atoms with van der Waals surface area (Å²) in [5.41, 5.74) is 4.86. The highest BCUT2D eigenvalue weighted by molar-refractivity contribution is 7.13. The highest BCUT2D eigenvalue weighted by atomic mass is 35.5. The van der Waals surface area contributed by atoms with E-state index in [4.69, 9.17) is 16.1 Å². The van der Waals surface area contributed by atoms with Crippen LogP contribution in [0.4, 0.5) is 0 Å². The summed E-state index contributed by atoms with van der Waals surface area (Å²) < 4.78 is 5.51. The van der Waals surface area contributed by atoms with Crippen molar-refractivity contribution in [3.8, 4) is 21.8 Å². The zero-order chi connectivity index (χ0) is 20.7. The van der Waals surface area contributed by atoms with Gasteiger partial charge >= 0.3 is 0 Å². The van der Waals surface area contributed by atoms with Crippen LogP contribution in [-0.2, 0) is 0 Å². The molecule has 3 heterocycles. The number of amides is 1. The van der Waals surface area contributed by atoms with Crippen LogP contribution >= 0.6 is 22.9 Å². The summed E-state index contributed by atoms with van der Waals surface area (Å²) in [7, 11) is 0. The number of thiazole rings is 1. The van der Waals surface area contributed by atoms with Crippen LogP contribution in [-0.4, -0.2) is 32.5 Å². The maximum Gasteiger partial charge on any atom is 0.274 e. The van der Waals surface area contributed by atoms with E-state index in [9.17, 15) is 4.79 Å². The average Bonchev–Trinajstić information content (AvgIpc) is 3.40. The Hall–Kier alpha value is -3.03. The molecular weight excluding hydrogens is 420 g/mol. The zero-order valence-corrected chi connectivity index (χ0v) is 17.7. The van der Waals surface area contributed by atoms with Gasteiger partial charge in [-0.15, -0.1) is 11.3 Å². The number of carbonyl (C=O) groups excluding carboxylic acids is 1. The van der Waals surface area contributed by atoms with E-state index >= 15 is 0 Å². The third kappa shape index (κ3) is 3.20. The summed E-state index contributed by atoms with van der Waals surface area (Å²) in [5, 5.41) is 4.77. The third-order valence-electron chi connectivity index (χ3n) is 5.32. The van der Waals surface area contributed by atoms with Crippen molar-refractivity contribution in [3.63, 3.8) is 0 Å². The molecule has 0 radical (unpaired) electrons. The lowest BCUT2D eigenvalue weighted by Crippen LogP contribution is -2.45. The summed E-state index contributed by atoms with van der Waals surface area (Å²) in [6.45, 7) is 2.55. The van der Waals surface area contributed by atoms with Crippen LogP contribution in [0.5, 0.6) is 0 Å². The Morgan fingerprint density at radius 3 is 2.80 bits per heavy atom. The number of rotatable bonds is 4. The van der Waals surface area contributed by atoms with E-state index in [-0.39, 0.29) is 11.9 Å². The van der Waals surface area contributed by atoms with Crippen molar-refractivity contribution in [3.05, 3.63) is 76.2 Å². The van der Waals surface area contributed by atoms with Gasteiger partial charge in [0.1, 0.15) is 11.7 Å². The van der Waals surface area contributed by atoms with Crippen LogP contribution in [0.3, 0.4) is 0 Å². The average molecular weight is 437 g/mol. The molecule has 8 heteroatoms. The van der Waals surface area contributed by atoms with Gasteiger partial charge in [0, 0.05) is 17.1 Å². The van der Waals surface area contributed by atoms with Gasteiger partial charge in [-0.3, -0.25) is 4.79 Å². The van der Waals surface area contributed by atoms with Gasteiger partial charge in [0.15, 0.2) is 0 Å². The van der Waals surface area contributed by atoms with Gasteiger partial charge in [0.2, 0.25) is 11.7 Å². The number of hydrogen-bond donors (Lipinski definition) is 0. The van der Waals surface area contributed by atoms with Gasteiger partial charge in [-0.1, -0.05) is 59.2 Å². The Labute approximate surface area is 182 Å². The van der Waals surface area contributed by atoms with Gasteiger partial charge < -0.3 is 9.42 Å². The highest BCUT2D eigenvalue weighted by Crippen LogP contribution is 2.37. The topological polar surface area (TPSA) is 72.1 Å². The van der Waals surface area contributed by atoms with E-state index in [0.29, 0.717) is 29.0 Å². The normalized spacial score (nSPS) is 15.8. The van der Waals surface area contributed by atoms with Crippen molar-refractivity contribution in [2.75, 3.05) is 6.54 Å². The van der Waals surface area contributed by atoms with Crippen LogP contribution in [0.1, 0.15) is 34.4 Å². The molecule has 0 bridgehead atoms. The first kappa shape index (κ1) is 19.0. The molecule has 5 rings (SSSR count). The van der Waals surface area contributed by atoms with Gasteiger partial charge in [-0.25, -0.2) is 4.98 Å². The molecule has 1 unspecified atom stereocenters. The smallest absolute Gasteiger partial charge is 0.274 e. The van der Waals surface area contributed by atoms with E-state index in [1.165, 1.54) is 11.3 Å². The fourth-order valence-corrected chi connectivity index (χ4v) is 4.51. The molecule has 4 aromatic rings. The number of carbonyl (C=O) groups is 1. The Morgan fingerprint density at radius 1 is 1.20 bits per heavy atom. The molecule has 0 N–H and O–H groups in total. The summed E-state index contributed by atoms with van der Waals surface area (Å²) in [6.07, 6.45) is 0.771. The summed E-state index contributed by atoms with van der Waals surface area (Å²) >= 11 is 7.68. The predicted molar refractivity (Wildman–Crippen MR) is 115 cm³/mol. The molecule has 1 aliphatic rings. The Balaban J connectivity index is 1.41. The summed E-state index contributed by atoms with van der Waals surface area (Å²) in [6, 6.07) is 15.2. The quantitative estimate of drug-likeness (QED) is 0.427. The number of benzene rings is 2. The first-order valence-corrected chi connectivity index (χ1v) is 10.8. The van der Waals surface area contributed by atoms with Gasteiger partial charge in [0.05, 0.1) is 10.4 Å². The maximum atomic E-state index is 13.2. The van der Waals surface area contributed by atoms with Crippen molar-refractivity contribution >= 4 is 28.8 Å². The predicted octanol–water partition coefficient (Wildman–Crippen LogP) is 5.41. The second kappa shape index (κ2) is 7.66. The van der Waals surface area contributed by atoms with Crippen molar-refractivity contribution in [1.29, 1.82) is 0 Å². The number of hydrogen-bond acceptors (Lipinski definition) is 6. The van der Waals surface area contributed by atoms with E-state index in [0.717, 1.165) is 28.0 Å². The zero-order valence-electron chi connectivity index (χ0n) is 16.1. The molecule has 0 aliphatic carbocycles. The second-order valence-electron chi connectivity index (χ2n) is 7.07. The molecule has 0 spiro atoms. The Bertz CT molecular complexity index is 1220. The lowest BCUT2D eigenvalue weighted by molar-refractivity contribution is 0.0374. The molecule has 150 valence electrons. The number of aromatic nitrogens is 3. The first-order valence-electron chi connectivity index (χ1n) is 9.52. The van der Waals surface area contributed by atoms with Crippen molar-refractivity contribution in [1.82, 2.24) is 20.0 Å². The molecule has 1 aliphatic heterocycles. The highest BCUT2D eigenvalue weighted by Gasteiger charge is 2.39. The molecule has 1 saturated heterocycles. The van der Waals surface area contributed by atoms with E-state index in [1.54, 1.807) is 10.4 Å². The summed E-state index contributed by atoms with van der Waals surface area (Å²) in [4.78, 5) is 24.7. The number of halogens is 1. The van der Waals surface area contributed by atoms with Crippen LogP contribution in [0, 0.1) is 6.92 Å². The fraction of sp³-hybridized carbons (Fsp3) is 0.182. The van der Waals surface area contributed by atoms with E-state index in [2.05, 4.69) is 15.1 Å². The van der Waals surface area contributed by atoms with Crippen LogP contribution in [0.15, 0.2) is 58.6 Å². The summed E-state index contributed by atoms with van der Waals surface area (Å²) in [5.74, 6) is 0.786. The minimum Gasteiger partial charge on any atom is -0.337 e. The van der Waals surface area contributed by atoms with Crippen molar-refractivity contribution in [2.45, 2.75) is 19.4 Å². The third-order valence-corrected chi connectivity index (χ3v) is 6.61. The molecule has 1 fully saturated rings. The molecule has 30 heavy (non-hydrogen) atoms. The van der Waals surface area contributed by atoms with E-state index in [1.807, 2.05) is 55.5 Å². The molecular formula is C22H17ClN4O2S. The first-order chi connectivity index (χ1) is 14.6. The van der Waals surface area contributed by atoms with Crippen LogP contribution < -0.4 is 0 Å². The number of nitrogens with zero attached hydrogens (tertiary/aromatic N) is 4. The molecule has 1 amide bonds. The fourth-order valence-electron chi connectivity index (χ4n) is 3.55. The van der Waals surface area contributed by atoms with Crippen molar-refractivity contribution < 1.29 is 9.32 Å². The van der Waals surface area contributed by atoms with Gasteiger partial charge in [-0.05, 0) is 30.5 Å². The monoisotopic (exact) mass is 436 g/mol. The lowest BCUT2D eigenvalue weighted by atomic mass is 10.0.